The molecule has 4 heteroatoms. The minimum Gasteiger partial charge on any atom is -0.352 e. The Morgan fingerprint density at radius 1 is 0.917 bits per heavy atom. The molecule has 0 atom stereocenters. The summed E-state index contributed by atoms with van der Waals surface area (Å²) in [4.78, 5) is 17.8. The van der Waals surface area contributed by atoms with Gasteiger partial charge in [0, 0.05) is 37.8 Å². The molecular formula is C20H35N3O. The SMILES string of the molecule is O=C(CN(CC1CC1)C1CCCCC1)NC1CCN(C2CC2)CC1. The number of likely N-dealkylation sites (tertiary alicyclic amines) is 1. The van der Waals surface area contributed by atoms with Gasteiger partial charge in [-0.15, -0.1) is 0 Å². The van der Waals surface area contributed by atoms with Gasteiger partial charge in [-0.2, -0.15) is 0 Å². The van der Waals surface area contributed by atoms with E-state index in [1.807, 2.05) is 0 Å². The van der Waals surface area contributed by atoms with Crippen LogP contribution in [0.1, 0.15) is 70.6 Å². The van der Waals surface area contributed by atoms with Crippen LogP contribution in [0.4, 0.5) is 0 Å². The first-order valence-electron chi connectivity index (χ1n) is 10.6. The number of rotatable bonds is 7. The molecule has 3 aliphatic carbocycles. The summed E-state index contributed by atoms with van der Waals surface area (Å²) in [7, 11) is 0. The second-order valence-corrected chi connectivity index (χ2v) is 8.77. The van der Waals surface area contributed by atoms with Crippen LogP contribution >= 0.6 is 0 Å². The molecule has 1 saturated heterocycles. The van der Waals surface area contributed by atoms with Gasteiger partial charge in [0.2, 0.25) is 5.91 Å². The fraction of sp³-hybridized carbons (Fsp3) is 0.950. The van der Waals surface area contributed by atoms with E-state index in [4.69, 9.17) is 0 Å². The summed E-state index contributed by atoms with van der Waals surface area (Å²) in [6.07, 6.45) is 14.6. The number of nitrogens with one attached hydrogen (secondary N) is 1. The molecule has 24 heavy (non-hydrogen) atoms. The Hall–Kier alpha value is -0.610. The normalized spacial score (nSPS) is 27.5. The molecule has 4 nitrogen and oxygen atoms in total. The lowest BCUT2D eigenvalue weighted by molar-refractivity contribution is -0.124. The van der Waals surface area contributed by atoms with Crippen molar-refractivity contribution in [3.8, 4) is 0 Å². The molecule has 1 heterocycles. The molecule has 4 aliphatic rings. The van der Waals surface area contributed by atoms with Crippen molar-refractivity contribution in [3.63, 3.8) is 0 Å². The average molecular weight is 334 g/mol. The summed E-state index contributed by atoms with van der Waals surface area (Å²) >= 11 is 0. The average Bonchev–Trinajstić information content (AvgIpc) is 3.49. The Balaban J connectivity index is 1.23. The largest absolute Gasteiger partial charge is 0.352 e. The van der Waals surface area contributed by atoms with Crippen molar-refractivity contribution in [2.75, 3.05) is 26.2 Å². The number of hydrogen-bond acceptors (Lipinski definition) is 3. The minimum atomic E-state index is 0.283. The predicted molar refractivity (Wildman–Crippen MR) is 96.9 cm³/mol. The van der Waals surface area contributed by atoms with Crippen LogP contribution in [0.15, 0.2) is 0 Å². The Morgan fingerprint density at radius 3 is 2.25 bits per heavy atom. The highest BCUT2D eigenvalue weighted by molar-refractivity contribution is 5.78. The van der Waals surface area contributed by atoms with E-state index >= 15 is 0 Å². The standard InChI is InChI=1S/C20H35N3O/c24-20(21-17-10-12-22(13-11-17)19-8-9-19)15-23(14-16-6-7-16)18-4-2-1-3-5-18/h16-19H,1-15H2,(H,21,24). The summed E-state index contributed by atoms with van der Waals surface area (Å²) < 4.78 is 0. The quantitative estimate of drug-likeness (QED) is 0.778. The van der Waals surface area contributed by atoms with E-state index in [9.17, 15) is 4.79 Å². The lowest BCUT2D eigenvalue weighted by Crippen LogP contribution is -2.50. The second-order valence-electron chi connectivity index (χ2n) is 8.77. The van der Waals surface area contributed by atoms with Gasteiger partial charge in [-0.1, -0.05) is 19.3 Å². The molecule has 1 N–H and O–H groups in total. The van der Waals surface area contributed by atoms with Crippen LogP contribution in [-0.4, -0.2) is 60.0 Å². The van der Waals surface area contributed by atoms with Gasteiger partial charge in [-0.3, -0.25) is 9.69 Å². The molecule has 0 bridgehead atoms. The Bertz CT molecular complexity index is 419. The van der Waals surface area contributed by atoms with E-state index < -0.39 is 0 Å². The second kappa shape index (κ2) is 7.74. The Kier molecular flexibility index (Phi) is 5.43. The van der Waals surface area contributed by atoms with Gasteiger partial charge in [0.1, 0.15) is 0 Å². The molecule has 3 saturated carbocycles. The molecule has 0 spiro atoms. The van der Waals surface area contributed by atoms with Crippen LogP contribution < -0.4 is 5.32 Å². The van der Waals surface area contributed by atoms with E-state index in [2.05, 4.69) is 15.1 Å². The number of nitrogens with zero attached hydrogens (tertiary/aromatic N) is 2. The summed E-state index contributed by atoms with van der Waals surface area (Å²) in [5.74, 6) is 1.16. The molecule has 0 unspecified atom stereocenters. The molecule has 0 aromatic rings. The fourth-order valence-corrected chi connectivity index (χ4v) is 4.73. The van der Waals surface area contributed by atoms with E-state index in [1.165, 1.54) is 70.9 Å². The molecule has 4 fully saturated rings. The number of hydrogen-bond donors (Lipinski definition) is 1. The maximum absolute atomic E-state index is 12.6. The summed E-state index contributed by atoms with van der Waals surface area (Å²) in [6.45, 7) is 4.18. The third kappa shape index (κ3) is 4.72. The lowest BCUT2D eigenvalue weighted by atomic mass is 9.94. The van der Waals surface area contributed by atoms with E-state index in [0.29, 0.717) is 18.6 Å². The van der Waals surface area contributed by atoms with Gasteiger partial charge in [0.25, 0.3) is 0 Å². The number of carbonyl (C=O) groups is 1. The molecule has 0 aromatic heterocycles. The highest BCUT2D eigenvalue weighted by Gasteiger charge is 2.33. The van der Waals surface area contributed by atoms with Crippen LogP contribution in [0.5, 0.6) is 0 Å². The fourth-order valence-electron chi connectivity index (χ4n) is 4.73. The molecular weight excluding hydrogens is 298 g/mol. The third-order valence-electron chi connectivity index (χ3n) is 6.59. The van der Waals surface area contributed by atoms with Gasteiger partial charge in [-0.25, -0.2) is 0 Å². The summed E-state index contributed by atoms with van der Waals surface area (Å²) in [5.41, 5.74) is 0. The predicted octanol–water partition coefficient (Wildman–Crippen LogP) is 2.77. The zero-order valence-corrected chi connectivity index (χ0v) is 15.2. The third-order valence-corrected chi connectivity index (χ3v) is 6.59. The topological polar surface area (TPSA) is 35.6 Å². The van der Waals surface area contributed by atoms with Crippen molar-refractivity contribution in [2.45, 2.75) is 88.8 Å². The molecule has 0 aromatic carbocycles. The zero-order valence-electron chi connectivity index (χ0n) is 15.2. The van der Waals surface area contributed by atoms with Gasteiger partial charge < -0.3 is 10.2 Å². The lowest BCUT2D eigenvalue weighted by Gasteiger charge is -2.35. The van der Waals surface area contributed by atoms with Gasteiger partial charge >= 0.3 is 0 Å². The van der Waals surface area contributed by atoms with Crippen molar-refractivity contribution in [1.82, 2.24) is 15.1 Å². The molecule has 4 rings (SSSR count). The highest BCUT2D eigenvalue weighted by atomic mass is 16.2. The first-order chi connectivity index (χ1) is 11.8. The summed E-state index contributed by atoms with van der Waals surface area (Å²) in [6, 6.07) is 1.96. The maximum Gasteiger partial charge on any atom is 0.234 e. The van der Waals surface area contributed by atoms with Crippen LogP contribution in [0, 0.1) is 5.92 Å². The van der Waals surface area contributed by atoms with Crippen molar-refractivity contribution in [2.24, 2.45) is 5.92 Å². The Morgan fingerprint density at radius 2 is 1.62 bits per heavy atom. The molecule has 1 aliphatic heterocycles. The maximum atomic E-state index is 12.6. The van der Waals surface area contributed by atoms with Gasteiger partial charge in [0.05, 0.1) is 6.54 Å². The molecule has 136 valence electrons. The van der Waals surface area contributed by atoms with Crippen LogP contribution in [0.2, 0.25) is 0 Å². The first-order valence-corrected chi connectivity index (χ1v) is 10.6. The number of piperidine rings is 1. The zero-order chi connectivity index (χ0) is 16.4. The van der Waals surface area contributed by atoms with E-state index in [-0.39, 0.29) is 5.91 Å². The van der Waals surface area contributed by atoms with Gasteiger partial charge in [0.15, 0.2) is 0 Å². The number of amides is 1. The van der Waals surface area contributed by atoms with Crippen LogP contribution in [0.25, 0.3) is 0 Å². The Labute approximate surface area is 147 Å². The van der Waals surface area contributed by atoms with E-state index in [1.54, 1.807) is 0 Å². The monoisotopic (exact) mass is 333 g/mol. The van der Waals surface area contributed by atoms with Crippen LogP contribution in [-0.2, 0) is 4.79 Å². The number of carbonyl (C=O) groups excluding carboxylic acids is 1. The van der Waals surface area contributed by atoms with Gasteiger partial charge in [-0.05, 0) is 57.3 Å². The van der Waals surface area contributed by atoms with Crippen molar-refractivity contribution in [3.05, 3.63) is 0 Å². The van der Waals surface area contributed by atoms with Crippen LogP contribution in [0.3, 0.4) is 0 Å². The smallest absolute Gasteiger partial charge is 0.234 e. The van der Waals surface area contributed by atoms with E-state index in [0.717, 1.165) is 31.3 Å². The minimum absolute atomic E-state index is 0.283. The summed E-state index contributed by atoms with van der Waals surface area (Å²) in [5, 5.41) is 3.35. The van der Waals surface area contributed by atoms with Crippen molar-refractivity contribution < 1.29 is 4.79 Å². The molecule has 1 amide bonds. The highest BCUT2D eigenvalue weighted by Crippen LogP contribution is 2.32. The van der Waals surface area contributed by atoms with Crippen molar-refractivity contribution in [1.29, 1.82) is 0 Å². The molecule has 0 radical (unpaired) electrons. The van der Waals surface area contributed by atoms with Crippen molar-refractivity contribution >= 4 is 5.91 Å². The first kappa shape index (κ1) is 16.8.